The summed E-state index contributed by atoms with van der Waals surface area (Å²) in [5.74, 6) is 4.56. The summed E-state index contributed by atoms with van der Waals surface area (Å²) in [5.41, 5.74) is 0. The molecule has 1 saturated heterocycles. The van der Waals surface area contributed by atoms with E-state index in [0.717, 1.165) is 42.8 Å². The van der Waals surface area contributed by atoms with E-state index in [1.807, 2.05) is 55.4 Å². The number of ether oxygens (including phenoxy) is 1. The Morgan fingerprint density at radius 3 is 0.548 bits per heavy atom. The van der Waals surface area contributed by atoms with Crippen molar-refractivity contribution in [3.8, 4) is 0 Å². The molecule has 3 saturated carbocycles. The summed E-state index contributed by atoms with van der Waals surface area (Å²) in [6, 6.07) is 0. The van der Waals surface area contributed by atoms with Gasteiger partial charge in [-0.3, -0.25) is 0 Å². The Balaban J connectivity index is -0.0000000658. The van der Waals surface area contributed by atoms with Crippen LogP contribution in [0.15, 0.2) is 0 Å². The largest absolute Gasteiger partial charge is 0.381 e. The van der Waals surface area contributed by atoms with Crippen molar-refractivity contribution in [3.05, 3.63) is 0 Å². The monoisotopic (exact) mass is 605 g/mol. The van der Waals surface area contributed by atoms with Gasteiger partial charge < -0.3 is 4.74 Å². The molecule has 0 atom stereocenters. The number of hydrogen-bond acceptors (Lipinski definition) is 1. The summed E-state index contributed by atoms with van der Waals surface area (Å²) in [4.78, 5) is 0. The maximum atomic E-state index is 4.94. The van der Waals surface area contributed by atoms with Crippen LogP contribution in [-0.2, 0) is 4.74 Å². The summed E-state index contributed by atoms with van der Waals surface area (Å²) in [6.45, 7) is 42.1. The lowest BCUT2D eigenvalue weighted by Crippen LogP contribution is -1.85. The van der Waals surface area contributed by atoms with Crippen LogP contribution >= 0.6 is 0 Å². The standard InChI is InChI=1S/2C6H12.C5H10.C4H8O.3C4H10.4C2H6/c1-5(2)6-3-4-6;1-2-4-6-5-3-1;2*1-2-4-5-3-1;3*1-4(2)3;4*1-2/h5-6H,3-4H2,1-2H3;1-6H2;1-5H2;1-4H2;3*4H,1-3H3;4*1-2H3. The van der Waals surface area contributed by atoms with Gasteiger partial charge in [-0.25, -0.2) is 0 Å². The Hall–Kier alpha value is -0.0400. The van der Waals surface area contributed by atoms with Gasteiger partial charge in [-0.05, 0) is 55.3 Å². The van der Waals surface area contributed by atoms with Crippen molar-refractivity contribution in [2.24, 2.45) is 29.6 Å². The Bertz CT molecular complexity index is 256. The molecule has 0 bridgehead atoms. The molecule has 0 N–H and O–H groups in total. The maximum absolute atomic E-state index is 4.94. The fourth-order valence-electron chi connectivity index (χ4n) is 3.22. The molecular formula is C41H96O. The van der Waals surface area contributed by atoms with Gasteiger partial charge in [0, 0.05) is 13.2 Å². The van der Waals surface area contributed by atoms with Crippen molar-refractivity contribution in [3.63, 3.8) is 0 Å². The molecule has 0 aromatic carbocycles. The van der Waals surface area contributed by atoms with Gasteiger partial charge in [-0.1, -0.05) is 202 Å². The molecule has 3 aliphatic carbocycles. The lowest BCUT2D eigenvalue weighted by molar-refractivity contribution is 0.198. The van der Waals surface area contributed by atoms with Crippen LogP contribution in [0, 0.1) is 29.6 Å². The predicted octanol–water partition coefficient (Wildman–Crippen LogP) is 16.2. The van der Waals surface area contributed by atoms with Gasteiger partial charge in [-0.15, -0.1) is 0 Å². The van der Waals surface area contributed by atoms with Crippen molar-refractivity contribution in [1.29, 1.82) is 0 Å². The first kappa shape index (κ1) is 57.6. The Labute approximate surface area is 274 Å². The number of hydrogen-bond donors (Lipinski definition) is 0. The van der Waals surface area contributed by atoms with E-state index in [0.29, 0.717) is 0 Å². The molecule has 0 amide bonds. The lowest BCUT2D eigenvalue weighted by Gasteiger charge is -2.05. The van der Waals surface area contributed by atoms with Crippen LogP contribution < -0.4 is 0 Å². The average molecular weight is 605 g/mol. The second-order valence-electron chi connectivity index (χ2n) is 13.0. The normalized spacial score (nSPS) is 15.5. The van der Waals surface area contributed by atoms with Crippen molar-refractivity contribution in [2.75, 3.05) is 13.2 Å². The van der Waals surface area contributed by atoms with E-state index in [2.05, 4.69) is 76.2 Å². The second kappa shape index (κ2) is 60.2. The molecule has 42 heavy (non-hydrogen) atoms. The summed E-state index contributed by atoms with van der Waals surface area (Å²) >= 11 is 0. The van der Waals surface area contributed by atoms with Crippen LogP contribution in [0.5, 0.6) is 0 Å². The van der Waals surface area contributed by atoms with Gasteiger partial charge in [0.25, 0.3) is 0 Å². The highest BCUT2D eigenvalue weighted by molar-refractivity contribution is 4.75. The molecule has 0 aromatic heterocycles. The van der Waals surface area contributed by atoms with Crippen LogP contribution in [0.1, 0.15) is 228 Å². The molecule has 4 fully saturated rings. The third kappa shape index (κ3) is 115. The molecule has 0 aromatic rings. The van der Waals surface area contributed by atoms with Crippen molar-refractivity contribution < 1.29 is 4.74 Å². The van der Waals surface area contributed by atoms with Gasteiger partial charge >= 0.3 is 0 Å². The first-order valence-electron chi connectivity index (χ1n) is 19.6. The molecule has 4 aliphatic rings. The third-order valence-corrected chi connectivity index (χ3v) is 5.14. The molecule has 4 rings (SSSR count). The first-order chi connectivity index (χ1) is 20.0. The van der Waals surface area contributed by atoms with Gasteiger partial charge in [0.05, 0.1) is 0 Å². The number of rotatable bonds is 1. The van der Waals surface area contributed by atoms with E-state index in [-0.39, 0.29) is 0 Å². The molecular weight excluding hydrogens is 508 g/mol. The van der Waals surface area contributed by atoms with Crippen LogP contribution in [0.2, 0.25) is 0 Å². The fourth-order valence-corrected chi connectivity index (χ4v) is 3.22. The van der Waals surface area contributed by atoms with Crippen LogP contribution in [0.4, 0.5) is 0 Å². The van der Waals surface area contributed by atoms with Gasteiger partial charge in [0.1, 0.15) is 0 Å². The summed E-state index contributed by atoms with van der Waals surface area (Å²) < 4.78 is 4.94. The van der Waals surface area contributed by atoms with Crippen molar-refractivity contribution >= 4 is 0 Å². The van der Waals surface area contributed by atoms with Gasteiger partial charge in [0.2, 0.25) is 0 Å². The molecule has 1 heterocycles. The summed E-state index contributed by atoms with van der Waals surface area (Å²) in [7, 11) is 0. The van der Waals surface area contributed by atoms with Crippen LogP contribution in [0.3, 0.4) is 0 Å². The molecule has 0 unspecified atom stereocenters. The lowest BCUT2D eigenvalue weighted by atomic mass is 10.0. The minimum atomic E-state index is 0.833. The predicted molar refractivity (Wildman–Crippen MR) is 205 cm³/mol. The Morgan fingerprint density at radius 1 is 0.333 bits per heavy atom. The molecule has 1 nitrogen and oxygen atoms in total. The zero-order valence-corrected chi connectivity index (χ0v) is 34.3. The Kier molecular flexibility index (Phi) is 82.6. The SMILES string of the molecule is C1CCCC1.C1CCCCC1.C1CCOC1.CC.CC.CC.CC.CC(C)C.CC(C)C.CC(C)C.CC(C)C1CC1. The maximum Gasteiger partial charge on any atom is 0.0466 e. The smallest absolute Gasteiger partial charge is 0.0466 e. The van der Waals surface area contributed by atoms with Crippen molar-refractivity contribution in [2.45, 2.75) is 228 Å². The summed E-state index contributed by atoms with van der Waals surface area (Å²) in [6.07, 6.45) is 22.1. The van der Waals surface area contributed by atoms with E-state index in [4.69, 9.17) is 4.74 Å². The topological polar surface area (TPSA) is 9.23 Å². The minimum absolute atomic E-state index is 0.833. The van der Waals surface area contributed by atoms with E-state index in [9.17, 15) is 0 Å². The quantitative estimate of drug-likeness (QED) is 0.289. The highest BCUT2D eigenvalue weighted by Gasteiger charge is 2.23. The molecule has 1 aliphatic heterocycles. The highest BCUT2D eigenvalue weighted by atomic mass is 16.5. The Morgan fingerprint density at radius 2 is 0.500 bits per heavy atom. The molecule has 1 heteroatoms. The zero-order valence-electron chi connectivity index (χ0n) is 34.3. The van der Waals surface area contributed by atoms with Gasteiger partial charge in [0.15, 0.2) is 0 Å². The van der Waals surface area contributed by atoms with Crippen LogP contribution in [-0.4, -0.2) is 13.2 Å². The molecule has 266 valence electrons. The van der Waals surface area contributed by atoms with Gasteiger partial charge in [-0.2, -0.15) is 0 Å². The summed E-state index contributed by atoms with van der Waals surface area (Å²) in [5, 5.41) is 0. The average Bonchev–Trinajstić information content (AvgIpc) is 3.38. The minimum Gasteiger partial charge on any atom is -0.381 e. The van der Waals surface area contributed by atoms with E-state index in [1.165, 1.54) is 96.3 Å². The fraction of sp³-hybridized carbons (Fsp3) is 1.00. The molecule has 0 spiro atoms. The van der Waals surface area contributed by atoms with E-state index < -0.39 is 0 Å². The van der Waals surface area contributed by atoms with E-state index in [1.54, 1.807) is 0 Å². The first-order valence-corrected chi connectivity index (χ1v) is 19.6. The van der Waals surface area contributed by atoms with E-state index >= 15 is 0 Å². The second-order valence-corrected chi connectivity index (χ2v) is 13.0. The zero-order chi connectivity index (χ0) is 34.6. The van der Waals surface area contributed by atoms with Crippen molar-refractivity contribution in [1.82, 2.24) is 0 Å². The van der Waals surface area contributed by atoms with Crippen LogP contribution in [0.25, 0.3) is 0 Å². The highest BCUT2D eigenvalue weighted by Crippen LogP contribution is 2.35. The third-order valence-electron chi connectivity index (χ3n) is 5.14. The molecule has 0 radical (unpaired) electrons.